The zero-order valence-corrected chi connectivity index (χ0v) is 17.3. The van der Waals surface area contributed by atoms with E-state index in [4.69, 9.17) is 4.74 Å². The van der Waals surface area contributed by atoms with Crippen LogP contribution >= 0.6 is 0 Å². The van der Waals surface area contributed by atoms with E-state index < -0.39 is 6.04 Å². The fraction of sp³-hybridized carbons (Fsp3) is 0.200. The minimum atomic E-state index is -0.751. The molecule has 1 heterocycles. The molecule has 1 aliphatic heterocycles. The topological polar surface area (TPSA) is 49.9 Å². The Bertz CT molecular complexity index is 1060. The van der Waals surface area contributed by atoms with Crippen molar-refractivity contribution >= 4 is 23.2 Å². The molecule has 1 unspecified atom stereocenters. The van der Waals surface area contributed by atoms with E-state index in [1.165, 1.54) is 0 Å². The van der Waals surface area contributed by atoms with E-state index in [9.17, 15) is 9.59 Å². The second-order valence-electron chi connectivity index (χ2n) is 7.44. The van der Waals surface area contributed by atoms with Crippen LogP contribution in [0.1, 0.15) is 22.7 Å². The zero-order chi connectivity index (χ0) is 21.3. The Labute approximate surface area is 176 Å². The number of rotatable bonds is 4. The molecule has 5 heteroatoms. The predicted molar refractivity (Wildman–Crippen MR) is 118 cm³/mol. The number of methoxy groups -OCH3 is 1. The molecule has 5 nitrogen and oxygen atoms in total. The Balaban J connectivity index is 1.84. The quantitative estimate of drug-likeness (QED) is 0.651. The van der Waals surface area contributed by atoms with Crippen molar-refractivity contribution < 1.29 is 14.3 Å². The maximum Gasteiger partial charge on any atom is 0.255 e. The summed E-state index contributed by atoms with van der Waals surface area (Å²) >= 11 is 0. The van der Waals surface area contributed by atoms with Gasteiger partial charge in [0.1, 0.15) is 18.3 Å². The van der Waals surface area contributed by atoms with Gasteiger partial charge in [-0.25, -0.2) is 0 Å². The minimum Gasteiger partial charge on any atom is -0.497 e. The van der Waals surface area contributed by atoms with E-state index in [1.807, 2.05) is 86.6 Å². The van der Waals surface area contributed by atoms with E-state index >= 15 is 0 Å². The van der Waals surface area contributed by atoms with Gasteiger partial charge in [-0.2, -0.15) is 0 Å². The molecule has 3 aromatic rings. The van der Waals surface area contributed by atoms with Gasteiger partial charge in [-0.3, -0.25) is 14.5 Å². The van der Waals surface area contributed by atoms with Crippen molar-refractivity contribution in [1.29, 1.82) is 0 Å². The monoisotopic (exact) mass is 400 g/mol. The summed E-state index contributed by atoms with van der Waals surface area (Å²) < 4.78 is 5.26. The number of hydrogen-bond donors (Lipinski definition) is 0. The average Bonchev–Trinajstić information content (AvgIpc) is 2.76. The molecule has 0 spiro atoms. The van der Waals surface area contributed by atoms with Crippen molar-refractivity contribution in [2.75, 3.05) is 23.5 Å². The van der Waals surface area contributed by atoms with Crippen molar-refractivity contribution in [2.45, 2.75) is 19.9 Å². The molecule has 0 bridgehead atoms. The van der Waals surface area contributed by atoms with Crippen LogP contribution in [0.5, 0.6) is 5.75 Å². The number of para-hydroxylation sites is 2. The maximum atomic E-state index is 13.8. The van der Waals surface area contributed by atoms with Crippen LogP contribution in [0.4, 0.5) is 11.4 Å². The van der Waals surface area contributed by atoms with Crippen LogP contribution in [-0.4, -0.2) is 25.5 Å². The number of ether oxygens (including phenoxy) is 1. The third kappa shape index (κ3) is 3.43. The van der Waals surface area contributed by atoms with Gasteiger partial charge in [0.2, 0.25) is 5.91 Å². The highest BCUT2D eigenvalue weighted by atomic mass is 16.5. The first-order valence-electron chi connectivity index (χ1n) is 9.90. The number of piperazine rings is 1. The molecule has 4 rings (SSSR count). The first-order valence-corrected chi connectivity index (χ1v) is 9.90. The van der Waals surface area contributed by atoms with E-state index in [0.717, 1.165) is 22.4 Å². The largest absolute Gasteiger partial charge is 0.497 e. The summed E-state index contributed by atoms with van der Waals surface area (Å²) in [6.45, 7) is 3.93. The molecule has 0 radical (unpaired) electrons. The summed E-state index contributed by atoms with van der Waals surface area (Å²) in [6.07, 6.45) is 0. The molecule has 1 aliphatic rings. The van der Waals surface area contributed by atoms with Gasteiger partial charge in [-0.1, -0.05) is 48.5 Å². The number of carbonyl (C=O) groups is 2. The fourth-order valence-electron chi connectivity index (χ4n) is 4.07. The van der Waals surface area contributed by atoms with Gasteiger partial charge in [0.05, 0.1) is 12.8 Å². The van der Waals surface area contributed by atoms with Gasteiger partial charge in [0.25, 0.3) is 5.91 Å². The van der Waals surface area contributed by atoms with E-state index in [-0.39, 0.29) is 18.4 Å². The van der Waals surface area contributed by atoms with Crippen molar-refractivity contribution in [3.63, 3.8) is 0 Å². The lowest BCUT2D eigenvalue weighted by molar-refractivity contribution is -0.128. The van der Waals surface area contributed by atoms with Gasteiger partial charge >= 0.3 is 0 Å². The van der Waals surface area contributed by atoms with Crippen LogP contribution < -0.4 is 14.5 Å². The number of anilines is 2. The average molecular weight is 400 g/mol. The molecule has 0 saturated carbocycles. The van der Waals surface area contributed by atoms with Crippen LogP contribution in [0.2, 0.25) is 0 Å². The molecule has 1 fully saturated rings. The molecule has 1 atom stereocenters. The molecule has 0 N–H and O–H groups in total. The SMILES string of the molecule is COc1ccc(C2C(=O)N(c3c(C)cccc3C)CC(=O)N2c2ccccc2)cc1. The van der Waals surface area contributed by atoms with Gasteiger partial charge in [0.15, 0.2) is 0 Å². The third-order valence-corrected chi connectivity index (χ3v) is 5.50. The first-order chi connectivity index (χ1) is 14.5. The Kier molecular flexibility index (Phi) is 5.27. The highest BCUT2D eigenvalue weighted by Gasteiger charge is 2.42. The molecule has 30 heavy (non-hydrogen) atoms. The standard InChI is InChI=1S/C25H24N2O3/c1-17-8-7-9-18(2)23(17)26-16-22(28)27(20-10-5-4-6-11-20)24(25(26)29)19-12-14-21(30-3)15-13-19/h4-15,24H,16H2,1-3H3. The van der Waals surface area contributed by atoms with E-state index in [0.29, 0.717) is 11.4 Å². The first kappa shape index (κ1) is 19.7. The molecule has 0 aliphatic carbocycles. The third-order valence-electron chi connectivity index (χ3n) is 5.50. The number of nitrogens with zero attached hydrogens (tertiary/aromatic N) is 2. The van der Waals surface area contributed by atoms with Crippen LogP contribution in [-0.2, 0) is 9.59 Å². The molecule has 3 aromatic carbocycles. The van der Waals surface area contributed by atoms with Crippen molar-refractivity contribution in [1.82, 2.24) is 0 Å². The van der Waals surface area contributed by atoms with Crippen LogP contribution in [0.3, 0.4) is 0 Å². The van der Waals surface area contributed by atoms with Crippen molar-refractivity contribution in [2.24, 2.45) is 0 Å². The lowest BCUT2D eigenvalue weighted by Gasteiger charge is -2.41. The second kappa shape index (κ2) is 8.03. The van der Waals surface area contributed by atoms with Crippen molar-refractivity contribution in [3.8, 4) is 5.75 Å². The molecule has 1 saturated heterocycles. The summed E-state index contributed by atoms with van der Waals surface area (Å²) in [5.41, 5.74) is 4.20. The smallest absolute Gasteiger partial charge is 0.255 e. The lowest BCUT2D eigenvalue weighted by Crippen LogP contribution is -2.56. The predicted octanol–water partition coefficient (Wildman–Crippen LogP) is 4.43. The normalized spacial score (nSPS) is 16.7. The molecular weight excluding hydrogens is 376 g/mol. The molecule has 2 amide bonds. The van der Waals surface area contributed by atoms with Crippen LogP contribution in [0.15, 0.2) is 72.8 Å². The number of aryl methyl sites for hydroxylation is 2. The van der Waals surface area contributed by atoms with Gasteiger partial charge in [0, 0.05) is 5.69 Å². The highest BCUT2D eigenvalue weighted by molar-refractivity contribution is 6.15. The van der Waals surface area contributed by atoms with Gasteiger partial charge in [-0.05, 0) is 54.8 Å². The number of hydrogen-bond acceptors (Lipinski definition) is 3. The summed E-state index contributed by atoms with van der Waals surface area (Å²) in [7, 11) is 1.60. The lowest BCUT2D eigenvalue weighted by atomic mass is 9.97. The summed E-state index contributed by atoms with van der Waals surface area (Å²) in [5, 5.41) is 0. The fourth-order valence-corrected chi connectivity index (χ4v) is 4.07. The summed E-state index contributed by atoms with van der Waals surface area (Å²) in [5.74, 6) is 0.455. The molecular formula is C25H24N2O3. The zero-order valence-electron chi connectivity index (χ0n) is 17.3. The van der Waals surface area contributed by atoms with E-state index in [2.05, 4.69) is 0 Å². The Hall–Kier alpha value is -3.60. The number of amides is 2. The Morgan fingerprint density at radius 2 is 1.47 bits per heavy atom. The summed E-state index contributed by atoms with van der Waals surface area (Å²) in [6, 6.07) is 21.8. The van der Waals surface area contributed by atoms with Gasteiger partial charge in [-0.15, -0.1) is 0 Å². The maximum absolute atomic E-state index is 13.8. The van der Waals surface area contributed by atoms with E-state index in [1.54, 1.807) is 16.9 Å². The number of carbonyl (C=O) groups excluding carboxylic acids is 2. The molecule has 0 aromatic heterocycles. The Morgan fingerprint density at radius 3 is 2.07 bits per heavy atom. The second-order valence-corrected chi connectivity index (χ2v) is 7.44. The highest BCUT2D eigenvalue weighted by Crippen LogP contribution is 2.36. The van der Waals surface area contributed by atoms with Gasteiger partial charge < -0.3 is 9.64 Å². The number of benzene rings is 3. The van der Waals surface area contributed by atoms with Crippen molar-refractivity contribution in [3.05, 3.63) is 89.5 Å². The minimum absolute atomic E-state index is 0.00603. The Morgan fingerprint density at radius 1 is 0.833 bits per heavy atom. The summed E-state index contributed by atoms with van der Waals surface area (Å²) in [4.78, 5) is 30.4. The van der Waals surface area contributed by atoms with Crippen LogP contribution in [0, 0.1) is 13.8 Å². The molecule has 152 valence electrons. The van der Waals surface area contributed by atoms with Crippen LogP contribution in [0.25, 0.3) is 0 Å².